The minimum atomic E-state index is -2.04. The molecule has 0 atom stereocenters. The normalized spacial score (nSPS) is 11.4. The third-order valence-corrected chi connectivity index (χ3v) is 9.61. The number of hydrogen-bond donors (Lipinski definition) is 0. The molecule has 6 rings (SSSR count). The third kappa shape index (κ3) is 4.30. The molecule has 0 aliphatic rings. The van der Waals surface area contributed by atoms with Gasteiger partial charge in [-0.15, -0.1) is 35.5 Å². The van der Waals surface area contributed by atoms with Crippen molar-refractivity contribution in [1.82, 2.24) is 14.5 Å². The second-order valence-electron chi connectivity index (χ2n) is 9.00. The quantitative estimate of drug-likeness (QED) is 0.173. The molecule has 0 aliphatic heterocycles. The van der Waals surface area contributed by atoms with Crippen LogP contribution >= 0.6 is 0 Å². The number of benzene rings is 3. The number of nitrogens with zero attached hydrogens (tertiary/aromatic N) is 3. The fourth-order valence-corrected chi connectivity index (χ4v) is 6.63. The van der Waals surface area contributed by atoms with Gasteiger partial charge < -0.3 is 9.30 Å². The zero-order valence-corrected chi connectivity index (χ0v) is 23.2. The van der Waals surface area contributed by atoms with Crippen molar-refractivity contribution in [3.8, 4) is 17.3 Å². The van der Waals surface area contributed by atoms with Gasteiger partial charge in [-0.1, -0.05) is 54.5 Å². The zero-order chi connectivity index (χ0) is 23.8. The smallest absolute Gasteiger partial charge is 0.460 e. The Morgan fingerprint density at radius 3 is 2.06 bits per heavy atom. The van der Waals surface area contributed by atoms with E-state index in [0.717, 1.165) is 32.8 Å². The van der Waals surface area contributed by atoms with Crippen LogP contribution in [0.4, 0.5) is 0 Å². The van der Waals surface area contributed by atoms with Crippen LogP contribution < -0.4 is 15.2 Å². The first-order valence-electron chi connectivity index (χ1n) is 11.6. The molecule has 0 unspecified atom stereocenters. The van der Waals surface area contributed by atoms with Gasteiger partial charge in [0.05, 0.1) is 0 Å². The summed E-state index contributed by atoms with van der Waals surface area (Å²) in [6.45, 7) is 4.64. The van der Waals surface area contributed by atoms with Crippen LogP contribution in [0, 0.1) is 12.1 Å². The molecule has 6 heteroatoms. The molecular formula is C30H23N3OPtSi. The summed E-state index contributed by atoms with van der Waals surface area (Å²) in [5, 5.41) is 4.36. The van der Waals surface area contributed by atoms with Crippen LogP contribution in [0.2, 0.25) is 13.1 Å². The van der Waals surface area contributed by atoms with Gasteiger partial charge in [0, 0.05) is 35.2 Å². The number of rotatable bonds is 5. The van der Waals surface area contributed by atoms with E-state index in [1.807, 2.05) is 42.6 Å². The van der Waals surface area contributed by atoms with Crippen LogP contribution in [-0.2, 0) is 21.1 Å². The molecule has 6 aromatic rings. The van der Waals surface area contributed by atoms with Gasteiger partial charge in [0.2, 0.25) is 5.88 Å². The van der Waals surface area contributed by atoms with E-state index in [0.29, 0.717) is 11.6 Å². The van der Waals surface area contributed by atoms with Crippen LogP contribution in [0.25, 0.3) is 27.5 Å². The van der Waals surface area contributed by atoms with Crippen LogP contribution in [0.1, 0.15) is 0 Å². The first-order valence-corrected chi connectivity index (χ1v) is 14.6. The van der Waals surface area contributed by atoms with Crippen LogP contribution in [0.3, 0.4) is 0 Å². The topological polar surface area (TPSA) is 39.9 Å². The third-order valence-electron chi connectivity index (χ3n) is 6.40. The Hall–Kier alpha value is -3.53. The molecule has 0 radical (unpaired) electrons. The van der Waals surface area contributed by atoms with Crippen molar-refractivity contribution in [1.29, 1.82) is 0 Å². The summed E-state index contributed by atoms with van der Waals surface area (Å²) < 4.78 is 8.29. The van der Waals surface area contributed by atoms with Crippen LogP contribution in [0.15, 0.2) is 103 Å². The number of hydrogen-bond acceptors (Lipinski definition) is 3. The first kappa shape index (κ1) is 24.2. The first-order chi connectivity index (χ1) is 17.1. The maximum Gasteiger partial charge on any atom is 2.00 e. The molecule has 0 saturated heterocycles. The minimum Gasteiger partial charge on any atom is -0.460 e. The Bertz CT molecular complexity index is 1640. The summed E-state index contributed by atoms with van der Waals surface area (Å²) in [6, 6.07) is 37.9. The van der Waals surface area contributed by atoms with Gasteiger partial charge in [-0.05, 0) is 30.3 Å². The SMILES string of the molecule is C[Si](C)(c1[c-]c2c3[c-]c(Oc4ccccn4)ccc3n(-c3ccccc3)c2cc1)c1ccccn1.[Pt+2]. The van der Waals surface area contributed by atoms with E-state index >= 15 is 0 Å². The molecule has 3 aromatic heterocycles. The fourth-order valence-electron chi connectivity index (χ4n) is 4.51. The molecule has 0 saturated carbocycles. The Kier molecular flexibility index (Phi) is 6.61. The fraction of sp³-hybridized carbons (Fsp3) is 0.0667. The number of fused-ring (bicyclic) bond motifs is 3. The summed E-state index contributed by atoms with van der Waals surface area (Å²) in [7, 11) is -2.04. The Labute approximate surface area is 225 Å². The van der Waals surface area contributed by atoms with Gasteiger partial charge in [0.25, 0.3) is 0 Å². The molecule has 0 aliphatic carbocycles. The molecule has 0 spiro atoms. The summed E-state index contributed by atoms with van der Waals surface area (Å²) >= 11 is 0. The molecule has 178 valence electrons. The molecule has 3 aromatic carbocycles. The van der Waals surface area contributed by atoms with Crippen molar-refractivity contribution in [2.75, 3.05) is 0 Å². The summed E-state index contributed by atoms with van der Waals surface area (Å²) in [6.07, 6.45) is 3.60. The average Bonchev–Trinajstić information content (AvgIpc) is 3.23. The van der Waals surface area contributed by atoms with Crippen molar-refractivity contribution >= 4 is 40.4 Å². The largest absolute Gasteiger partial charge is 2.00 e. The molecule has 0 fully saturated rings. The van der Waals surface area contributed by atoms with E-state index in [-0.39, 0.29) is 21.1 Å². The predicted molar refractivity (Wildman–Crippen MR) is 144 cm³/mol. The second kappa shape index (κ2) is 9.84. The summed E-state index contributed by atoms with van der Waals surface area (Å²) in [5.41, 5.74) is 3.25. The number of pyridine rings is 2. The minimum absolute atomic E-state index is 0. The van der Waals surface area contributed by atoms with Gasteiger partial charge in [0.15, 0.2) is 0 Å². The second-order valence-corrected chi connectivity index (χ2v) is 13.3. The van der Waals surface area contributed by atoms with Gasteiger partial charge in [0.1, 0.15) is 8.07 Å². The van der Waals surface area contributed by atoms with E-state index in [1.165, 1.54) is 5.19 Å². The van der Waals surface area contributed by atoms with Gasteiger partial charge in [-0.25, -0.2) is 10.4 Å². The van der Waals surface area contributed by atoms with Crippen molar-refractivity contribution in [2.45, 2.75) is 13.1 Å². The van der Waals surface area contributed by atoms with Crippen LogP contribution in [0.5, 0.6) is 11.6 Å². The maximum absolute atomic E-state index is 6.03. The molecule has 36 heavy (non-hydrogen) atoms. The molecule has 0 bridgehead atoms. The van der Waals surface area contributed by atoms with Crippen molar-refractivity contribution in [2.24, 2.45) is 0 Å². The van der Waals surface area contributed by atoms with Gasteiger partial charge in [-0.3, -0.25) is 4.98 Å². The molecule has 0 amide bonds. The van der Waals surface area contributed by atoms with E-state index in [1.54, 1.807) is 6.20 Å². The number of ether oxygens (including phenoxy) is 1. The van der Waals surface area contributed by atoms with Gasteiger partial charge >= 0.3 is 21.1 Å². The summed E-state index contributed by atoms with van der Waals surface area (Å²) in [4.78, 5) is 8.98. The predicted octanol–water partition coefficient (Wildman–Crippen LogP) is 5.79. The van der Waals surface area contributed by atoms with E-state index in [9.17, 15) is 0 Å². The van der Waals surface area contributed by atoms with Crippen molar-refractivity contribution in [3.05, 3.63) is 116 Å². The van der Waals surface area contributed by atoms with Crippen LogP contribution in [-0.4, -0.2) is 22.6 Å². The average molecular weight is 665 g/mol. The van der Waals surface area contributed by atoms with E-state index < -0.39 is 8.07 Å². The van der Waals surface area contributed by atoms with E-state index in [4.69, 9.17) is 4.74 Å². The molecule has 0 N–H and O–H groups in total. The van der Waals surface area contributed by atoms with E-state index in [2.05, 4.69) is 94.4 Å². The Morgan fingerprint density at radius 1 is 0.694 bits per heavy atom. The number of para-hydroxylation sites is 1. The molecular weight excluding hydrogens is 642 g/mol. The Balaban J connectivity index is 0.00000267. The summed E-state index contributed by atoms with van der Waals surface area (Å²) in [5.74, 6) is 1.17. The van der Waals surface area contributed by atoms with Gasteiger partial charge in [-0.2, -0.15) is 11.5 Å². The Morgan fingerprint density at radius 2 is 1.36 bits per heavy atom. The maximum atomic E-state index is 6.03. The standard InChI is InChI=1S/C30H23N3OSi.Pt/c1-35(2,30-13-7-9-19-32-30)24-15-17-28-26(21-24)25-20-23(34-29-12-6-8-18-31-29)14-16-27(25)33(28)22-10-4-3-5-11-22;/h3-19H,1-2H3;/q-2;+2. The van der Waals surface area contributed by atoms with Crippen molar-refractivity contribution < 1.29 is 25.8 Å². The monoisotopic (exact) mass is 664 g/mol. The molecule has 3 heterocycles. The zero-order valence-electron chi connectivity index (χ0n) is 19.9. The van der Waals surface area contributed by atoms with Crippen molar-refractivity contribution in [3.63, 3.8) is 0 Å². The molecule has 4 nitrogen and oxygen atoms in total. The number of aromatic nitrogens is 3.